The Kier molecular flexibility index (Phi) is 3.65. The highest BCUT2D eigenvalue weighted by Gasteiger charge is 2.48. The van der Waals surface area contributed by atoms with Gasteiger partial charge in [0.1, 0.15) is 0 Å². The zero-order valence-electron chi connectivity index (χ0n) is 11.9. The maximum absolute atomic E-state index is 6.27. The largest absolute Gasteiger partial charge is 0.329 e. The standard InChI is InChI=1S/C15H29N3/c1-2-18(10-13-4-3-5-13)15(12-16)7-9-17-8-6-14(15)11-17/h13-14H,2-12,16H2,1H3. The maximum Gasteiger partial charge on any atom is 0.0384 e. The van der Waals surface area contributed by atoms with Crippen LogP contribution in [0.4, 0.5) is 0 Å². The number of nitrogens with two attached hydrogens (primary N) is 1. The van der Waals surface area contributed by atoms with Crippen molar-refractivity contribution >= 4 is 0 Å². The Morgan fingerprint density at radius 3 is 2.72 bits per heavy atom. The molecule has 3 nitrogen and oxygen atoms in total. The van der Waals surface area contributed by atoms with Crippen molar-refractivity contribution in [2.24, 2.45) is 17.6 Å². The van der Waals surface area contributed by atoms with Gasteiger partial charge in [-0.15, -0.1) is 0 Å². The topological polar surface area (TPSA) is 32.5 Å². The quantitative estimate of drug-likeness (QED) is 0.804. The van der Waals surface area contributed by atoms with E-state index < -0.39 is 0 Å². The van der Waals surface area contributed by atoms with Gasteiger partial charge in [-0.1, -0.05) is 13.3 Å². The third kappa shape index (κ3) is 2.00. The molecule has 2 heterocycles. The summed E-state index contributed by atoms with van der Waals surface area (Å²) in [5.41, 5.74) is 6.60. The predicted octanol–water partition coefficient (Wildman–Crippen LogP) is 1.53. The predicted molar refractivity (Wildman–Crippen MR) is 75.5 cm³/mol. The molecule has 3 rings (SSSR count). The molecule has 18 heavy (non-hydrogen) atoms. The first kappa shape index (κ1) is 12.9. The number of hydrogen-bond donors (Lipinski definition) is 1. The summed E-state index contributed by atoms with van der Waals surface area (Å²) in [4.78, 5) is 5.40. The van der Waals surface area contributed by atoms with Crippen LogP contribution < -0.4 is 5.73 Å². The van der Waals surface area contributed by atoms with E-state index in [0.717, 1.165) is 18.4 Å². The van der Waals surface area contributed by atoms with Crippen LogP contribution in [-0.4, -0.2) is 54.6 Å². The fourth-order valence-electron chi connectivity index (χ4n) is 4.46. The highest BCUT2D eigenvalue weighted by Crippen LogP contribution is 2.40. The third-order valence-corrected chi connectivity index (χ3v) is 5.96. The summed E-state index contributed by atoms with van der Waals surface area (Å²) >= 11 is 0. The molecule has 0 aromatic carbocycles. The Morgan fingerprint density at radius 2 is 2.11 bits per heavy atom. The molecule has 2 aliphatic heterocycles. The second-order valence-corrected chi connectivity index (χ2v) is 6.68. The Balaban J connectivity index is 1.74. The lowest BCUT2D eigenvalue weighted by Crippen LogP contribution is -2.63. The molecule has 0 spiro atoms. The van der Waals surface area contributed by atoms with E-state index in [-0.39, 0.29) is 0 Å². The van der Waals surface area contributed by atoms with E-state index in [1.807, 2.05) is 0 Å². The molecule has 3 atom stereocenters. The molecule has 0 aromatic rings. The van der Waals surface area contributed by atoms with E-state index >= 15 is 0 Å². The Labute approximate surface area is 112 Å². The summed E-state index contributed by atoms with van der Waals surface area (Å²) in [5, 5.41) is 0. The fourth-order valence-corrected chi connectivity index (χ4v) is 4.46. The molecule has 3 fully saturated rings. The van der Waals surface area contributed by atoms with E-state index in [1.54, 1.807) is 0 Å². The average Bonchev–Trinajstić information content (AvgIpc) is 2.75. The van der Waals surface area contributed by atoms with Crippen molar-refractivity contribution in [2.75, 3.05) is 39.3 Å². The molecule has 2 saturated heterocycles. The Morgan fingerprint density at radius 1 is 1.28 bits per heavy atom. The van der Waals surface area contributed by atoms with Gasteiger partial charge < -0.3 is 10.6 Å². The number of piperidine rings is 1. The summed E-state index contributed by atoms with van der Waals surface area (Å²) in [5.74, 6) is 1.80. The van der Waals surface area contributed by atoms with Gasteiger partial charge >= 0.3 is 0 Å². The van der Waals surface area contributed by atoms with Crippen LogP contribution in [0.1, 0.15) is 39.0 Å². The molecule has 3 heteroatoms. The number of likely N-dealkylation sites (N-methyl/N-ethyl adjacent to an activating group) is 1. The van der Waals surface area contributed by atoms with E-state index in [2.05, 4.69) is 16.7 Å². The zero-order chi connectivity index (χ0) is 12.6. The van der Waals surface area contributed by atoms with Crippen molar-refractivity contribution in [3.05, 3.63) is 0 Å². The first-order chi connectivity index (χ1) is 8.78. The van der Waals surface area contributed by atoms with Gasteiger partial charge in [-0.25, -0.2) is 0 Å². The summed E-state index contributed by atoms with van der Waals surface area (Å²) in [6.07, 6.45) is 7.03. The van der Waals surface area contributed by atoms with Gasteiger partial charge in [0.05, 0.1) is 0 Å². The second-order valence-electron chi connectivity index (χ2n) is 6.68. The van der Waals surface area contributed by atoms with Crippen molar-refractivity contribution in [1.29, 1.82) is 0 Å². The van der Waals surface area contributed by atoms with Crippen LogP contribution in [0.3, 0.4) is 0 Å². The molecule has 104 valence electrons. The lowest BCUT2D eigenvalue weighted by molar-refractivity contribution is -0.00703. The van der Waals surface area contributed by atoms with Crippen LogP contribution in [0.25, 0.3) is 0 Å². The number of hydrogen-bond acceptors (Lipinski definition) is 3. The molecule has 0 aromatic heterocycles. The summed E-state index contributed by atoms with van der Waals surface area (Å²) in [6.45, 7) is 9.58. The Bertz CT molecular complexity index is 289. The smallest absolute Gasteiger partial charge is 0.0384 e. The highest BCUT2D eigenvalue weighted by molar-refractivity contribution is 5.05. The van der Waals surface area contributed by atoms with Gasteiger partial charge in [0.2, 0.25) is 0 Å². The average molecular weight is 251 g/mol. The van der Waals surface area contributed by atoms with E-state index in [4.69, 9.17) is 5.73 Å². The molecule has 2 N–H and O–H groups in total. The van der Waals surface area contributed by atoms with Crippen molar-refractivity contribution in [3.8, 4) is 0 Å². The van der Waals surface area contributed by atoms with E-state index in [0.29, 0.717) is 5.54 Å². The SMILES string of the molecule is CCN(CC1CCC1)C1(CN)CCN2CCC1C2. The minimum absolute atomic E-state index is 0.331. The molecule has 2 bridgehead atoms. The monoisotopic (exact) mass is 251 g/mol. The summed E-state index contributed by atoms with van der Waals surface area (Å²) in [7, 11) is 0. The molecular weight excluding hydrogens is 222 g/mol. The molecule has 0 radical (unpaired) electrons. The normalized spacial score (nSPS) is 40.2. The van der Waals surface area contributed by atoms with Crippen LogP contribution in [0.15, 0.2) is 0 Å². The van der Waals surface area contributed by atoms with Crippen molar-refractivity contribution in [2.45, 2.75) is 44.6 Å². The number of fused-ring (bicyclic) bond motifs is 2. The third-order valence-electron chi connectivity index (χ3n) is 5.96. The number of rotatable bonds is 5. The number of nitrogens with zero attached hydrogens (tertiary/aromatic N) is 2. The first-order valence-corrected chi connectivity index (χ1v) is 7.96. The van der Waals surface area contributed by atoms with Gasteiger partial charge in [-0.2, -0.15) is 0 Å². The molecule has 3 unspecified atom stereocenters. The van der Waals surface area contributed by atoms with Crippen LogP contribution in [0, 0.1) is 11.8 Å². The van der Waals surface area contributed by atoms with E-state index in [1.165, 1.54) is 64.8 Å². The Hall–Kier alpha value is -0.120. The van der Waals surface area contributed by atoms with Crippen LogP contribution in [0.2, 0.25) is 0 Å². The van der Waals surface area contributed by atoms with Crippen LogP contribution >= 0.6 is 0 Å². The maximum atomic E-state index is 6.27. The van der Waals surface area contributed by atoms with Crippen LogP contribution in [-0.2, 0) is 0 Å². The lowest BCUT2D eigenvalue weighted by atomic mass is 9.75. The van der Waals surface area contributed by atoms with Crippen molar-refractivity contribution in [1.82, 2.24) is 9.80 Å². The van der Waals surface area contributed by atoms with Gasteiger partial charge in [-0.3, -0.25) is 4.90 Å². The van der Waals surface area contributed by atoms with Gasteiger partial charge in [-0.05, 0) is 57.2 Å². The fraction of sp³-hybridized carbons (Fsp3) is 1.00. The van der Waals surface area contributed by atoms with Crippen molar-refractivity contribution < 1.29 is 0 Å². The zero-order valence-corrected chi connectivity index (χ0v) is 11.9. The second kappa shape index (κ2) is 5.10. The van der Waals surface area contributed by atoms with Gasteiger partial charge in [0.15, 0.2) is 0 Å². The van der Waals surface area contributed by atoms with E-state index in [9.17, 15) is 0 Å². The van der Waals surface area contributed by atoms with Crippen molar-refractivity contribution in [3.63, 3.8) is 0 Å². The highest BCUT2D eigenvalue weighted by atomic mass is 15.3. The van der Waals surface area contributed by atoms with Crippen LogP contribution in [0.5, 0.6) is 0 Å². The minimum Gasteiger partial charge on any atom is -0.329 e. The summed E-state index contributed by atoms with van der Waals surface area (Å²) in [6, 6.07) is 0. The molecule has 1 aliphatic carbocycles. The summed E-state index contributed by atoms with van der Waals surface area (Å²) < 4.78 is 0. The lowest BCUT2D eigenvalue weighted by Gasteiger charge is -2.51. The van der Waals surface area contributed by atoms with Gasteiger partial charge in [0, 0.05) is 25.2 Å². The molecule has 3 aliphatic rings. The van der Waals surface area contributed by atoms with Gasteiger partial charge in [0.25, 0.3) is 0 Å². The molecular formula is C15H29N3. The first-order valence-electron chi connectivity index (χ1n) is 7.96. The molecule has 0 amide bonds. The molecule has 1 saturated carbocycles. The minimum atomic E-state index is 0.331.